The van der Waals surface area contributed by atoms with Gasteiger partial charge in [-0.25, -0.2) is 4.39 Å². The van der Waals surface area contributed by atoms with Crippen molar-refractivity contribution < 1.29 is 32.8 Å². The van der Waals surface area contributed by atoms with Crippen molar-refractivity contribution in [3.63, 3.8) is 0 Å². The van der Waals surface area contributed by atoms with Crippen LogP contribution in [0, 0.1) is 5.82 Å². The zero-order chi connectivity index (χ0) is 22.2. The van der Waals surface area contributed by atoms with Gasteiger partial charge in [0.25, 0.3) is 0 Å². The quantitative estimate of drug-likeness (QED) is 0.450. The molecule has 0 aliphatic carbocycles. The summed E-state index contributed by atoms with van der Waals surface area (Å²) in [6.07, 6.45) is 1.26. The molecule has 0 aromatic heterocycles. The van der Waals surface area contributed by atoms with E-state index < -0.39 is 12.2 Å². The Kier molecular flexibility index (Phi) is 10.2. The number of hydrogen-bond acceptors (Lipinski definition) is 6. The van der Waals surface area contributed by atoms with Crippen molar-refractivity contribution in [3.05, 3.63) is 33.5 Å². The molecule has 0 N–H and O–H groups in total. The Hall–Kier alpha value is -0.610. The first kappa shape index (κ1) is 25.0. The Bertz CT molecular complexity index is 684. The van der Waals surface area contributed by atoms with Gasteiger partial charge in [-0.05, 0) is 52.2 Å². The smallest absolute Gasteiger partial charge is 0.158 e. The van der Waals surface area contributed by atoms with Crippen LogP contribution in [0.15, 0.2) is 16.6 Å². The molecule has 2 aliphatic heterocycles. The summed E-state index contributed by atoms with van der Waals surface area (Å²) in [5.41, 5.74) is 1.16. The van der Waals surface area contributed by atoms with Gasteiger partial charge in [-0.3, -0.25) is 0 Å². The lowest BCUT2D eigenvalue weighted by atomic mass is 9.93. The van der Waals surface area contributed by atoms with Crippen molar-refractivity contribution in [2.45, 2.75) is 77.3 Å². The van der Waals surface area contributed by atoms with Gasteiger partial charge < -0.3 is 28.4 Å². The molecule has 1 aromatic rings. The minimum Gasteiger partial charge on any atom is -0.373 e. The molecule has 2 fully saturated rings. The summed E-state index contributed by atoms with van der Waals surface area (Å²) in [5, 5.41) is 0. The summed E-state index contributed by atoms with van der Waals surface area (Å²) in [7, 11) is 0. The third-order valence-electron chi connectivity index (χ3n) is 5.56. The van der Waals surface area contributed by atoms with Crippen molar-refractivity contribution in [2.24, 2.45) is 0 Å². The highest BCUT2D eigenvalue weighted by Crippen LogP contribution is 2.38. The van der Waals surface area contributed by atoms with E-state index in [1.807, 2.05) is 20.8 Å². The van der Waals surface area contributed by atoms with Crippen LogP contribution in [0.4, 0.5) is 4.39 Å². The Balaban J connectivity index is 1.78. The maximum Gasteiger partial charge on any atom is 0.158 e. The van der Waals surface area contributed by atoms with Crippen LogP contribution in [0.5, 0.6) is 0 Å². The molecule has 5 unspecified atom stereocenters. The maximum absolute atomic E-state index is 15.0. The van der Waals surface area contributed by atoms with E-state index in [2.05, 4.69) is 15.9 Å². The summed E-state index contributed by atoms with van der Waals surface area (Å²) in [6, 6.07) is 3.26. The zero-order valence-corrected chi connectivity index (χ0v) is 20.2. The first-order valence-electron chi connectivity index (χ1n) is 11.3. The lowest BCUT2D eigenvalue weighted by Gasteiger charge is -2.42. The highest BCUT2D eigenvalue weighted by molar-refractivity contribution is 9.10. The Morgan fingerprint density at radius 1 is 0.968 bits per heavy atom. The first-order chi connectivity index (χ1) is 15.1. The van der Waals surface area contributed by atoms with E-state index >= 15 is 4.39 Å². The molecular weight excluding hydrogens is 471 g/mol. The maximum atomic E-state index is 15.0. The van der Waals surface area contributed by atoms with Gasteiger partial charge in [0.2, 0.25) is 0 Å². The van der Waals surface area contributed by atoms with Crippen LogP contribution in [0.2, 0.25) is 0 Å². The largest absolute Gasteiger partial charge is 0.373 e. The van der Waals surface area contributed by atoms with Gasteiger partial charge in [0.05, 0.1) is 13.2 Å². The lowest BCUT2D eigenvalue weighted by molar-refractivity contribution is -0.229. The van der Waals surface area contributed by atoms with Crippen molar-refractivity contribution in [2.75, 3.05) is 33.0 Å². The van der Waals surface area contributed by atoms with Crippen LogP contribution in [-0.2, 0) is 35.0 Å². The van der Waals surface area contributed by atoms with Crippen LogP contribution in [0.25, 0.3) is 0 Å². The molecule has 1 aromatic carbocycles. The number of ether oxygens (including phenoxy) is 6. The Morgan fingerprint density at radius 2 is 1.71 bits per heavy atom. The van der Waals surface area contributed by atoms with Gasteiger partial charge in [-0.1, -0.05) is 15.9 Å². The molecule has 0 bridgehead atoms. The SMILES string of the molecule is CCOC1COC(c2cc(F)c(COC3CCCCO3)cc2Br)C(OCC)C1OCC. The highest BCUT2D eigenvalue weighted by Gasteiger charge is 2.44. The van der Waals surface area contributed by atoms with E-state index in [0.29, 0.717) is 44.2 Å². The molecule has 3 rings (SSSR count). The van der Waals surface area contributed by atoms with Crippen LogP contribution in [0.1, 0.15) is 57.3 Å². The molecule has 176 valence electrons. The normalized spacial score (nSPS) is 29.3. The fourth-order valence-corrected chi connectivity index (χ4v) is 4.74. The summed E-state index contributed by atoms with van der Waals surface area (Å²) in [5.74, 6) is -0.340. The molecule has 0 amide bonds. The van der Waals surface area contributed by atoms with Crippen LogP contribution >= 0.6 is 15.9 Å². The molecular formula is C23H34BrFO6. The van der Waals surface area contributed by atoms with E-state index in [1.54, 1.807) is 6.07 Å². The van der Waals surface area contributed by atoms with Crippen molar-refractivity contribution in [1.82, 2.24) is 0 Å². The zero-order valence-electron chi connectivity index (χ0n) is 18.6. The van der Waals surface area contributed by atoms with Crippen LogP contribution in [0.3, 0.4) is 0 Å². The standard InChI is InChI=1S/C23H34BrFO6/c1-4-26-19-14-31-21(23(28-6-3)22(19)27-5-2)16-12-18(25)15(11-17(16)24)13-30-20-9-7-8-10-29-20/h11-12,19-23H,4-10,13-14H2,1-3H3. The van der Waals surface area contributed by atoms with Gasteiger partial charge in [0, 0.05) is 42.0 Å². The lowest BCUT2D eigenvalue weighted by Crippen LogP contribution is -2.53. The molecule has 0 radical (unpaired) electrons. The summed E-state index contributed by atoms with van der Waals surface area (Å²) in [6.45, 7) is 8.57. The van der Waals surface area contributed by atoms with E-state index in [4.69, 9.17) is 28.4 Å². The minimum atomic E-state index is -0.478. The molecule has 2 saturated heterocycles. The second-order valence-electron chi connectivity index (χ2n) is 7.66. The third-order valence-corrected chi connectivity index (χ3v) is 6.25. The summed E-state index contributed by atoms with van der Waals surface area (Å²) in [4.78, 5) is 0. The number of hydrogen-bond donors (Lipinski definition) is 0. The molecule has 8 heteroatoms. The van der Waals surface area contributed by atoms with E-state index in [-0.39, 0.29) is 30.9 Å². The molecule has 2 aliphatic rings. The number of halogens is 2. The van der Waals surface area contributed by atoms with Gasteiger partial charge in [-0.2, -0.15) is 0 Å². The minimum absolute atomic E-state index is 0.157. The average Bonchev–Trinajstić information content (AvgIpc) is 2.77. The Morgan fingerprint density at radius 3 is 2.39 bits per heavy atom. The predicted octanol–water partition coefficient (Wildman–Crippen LogP) is 4.92. The van der Waals surface area contributed by atoms with Gasteiger partial charge in [0.1, 0.15) is 30.2 Å². The molecule has 0 spiro atoms. The van der Waals surface area contributed by atoms with Crippen molar-refractivity contribution >= 4 is 15.9 Å². The van der Waals surface area contributed by atoms with E-state index in [1.165, 1.54) is 6.07 Å². The average molecular weight is 505 g/mol. The third kappa shape index (κ3) is 6.47. The van der Waals surface area contributed by atoms with E-state index in [9.17, 15) is 0 Å². The number of rotatable bonds is 10. The van der Waals surface area contributed by atoms with E-state index in [0.717, 1.165) is 23.7 Å². The van der Waals surface area contributed by atoms with Gasteiger partial charge >= 0.3 is 0 Å². The topological polar surface area (TPSA) is 55.4 Å². The second kappa shape index (κ2) is 12.6. The van der Waals surface area contributed by atoms with Gasteiger partial charge in [0.15, 0.2) is 6.29 Å². The summed E-state index contributed by atoms with van der Waals surface area (Å²) >= 11 is 3.61. The molecule has 31 heavy (non-hydrogen) atoms. The van der Waals surface area contributed by atoms with Crippen molar-refractivity contribution in [3.8, 4) is 0 Å². The second-order valence-corrected chi connectivity index (χ2v) is 8.51. The molecule has 6 nitrogen and oxygen atoms in total. The fourth-order valence-electron chi connectivity index (χ4n) is 4.12. The summed E-state index contributed by atoms with van der Waals surface area (Å²) < 4.78 is 51.1. The molecule has 5 atom stereocenters. The van der Waals surface area contributed by atoms with Crippen LogP contribution in [-0.4, -0.2) is 57.6 Å². The Labute approximate surface area is 192 Å². The molecule has 0 saturated carbocycles. The van der Waals surface area contributed by atoms with Crippen molar-refractivity contribution in [1.29, 1.82) is 0 Å². The fraction of sp³-hybridized carbons (Fsp3) is 0.739. The predicted molar refractivity (Wildman–Crippen MR) is 117 cm³/mol. The monoisotopic (exact) mass is 504 g/mol. The molecule has 2 heterocycles. The number of benzene rings is 1. The first-order valence-corrected chi connectivity index (χ1v) is 12.1. The van der Waals surface area contributed by atoms with Crippen LogP contribution < -0.4 is 0 Å². The van der Waals surface area contributed by atoms with Gasteiger partial charge in [-0.15, -0.1) is 0 Å². The highest BCUT2D eigenvalue weighted by atomic mass is 79.9.